The molecule has 0 spiro atoms. The lowest BCUT2D eigenvalue weighted by molar-refractivity contribution is 0.736. The third-order valence-electron chi connectivity index (χ3n) is 6.25. The highest BCUT2D eigenvalue weighted by Gasteiger charge is 1.93. The van der Waals surface area contributed by atoms with Crippen LogP contribution in [-0.2, 0) is 28.2 Å². The van der Waals surface area contributed by atoms with E-state index in [4.69, 9.17) is 0 Å². The molecule has 0 saturated carbocycles. The smallest absolute Gasteiger partial charge is 0.347 e. The van der Waals surface area contributed by atoms with E-state index < -0.39 is 0 Å². The van der Waals surface area contributed by atoms with E-state index in [1.165, 1.54) is 22.7 Å². The normalized spacial score (nSPS) is 7.30. The topological polar surface area (TPSA) is 143 Å². The molecule has 13 nitrogen and oxygen atoms in total. The lowest BCUT2D eigenvalue weighted by Crippen LogP contribution is -2.17. The van der Waals surface area contributed by atoms with Crippen molar-refractivity contribution in [3.8, 4) is 0 Å². The summed E-state index contributed by atoms with van der Waals surface area (Å²) in [6.07, 6.45) is 27.9. The van der Waals surface area contributed by atoms with Gasteiger partial charge in [-0.3, -0.25) is 14.3 Å². The van der Waals surface area contributed by atoms with Crippen LogP contribution < -0.4 is 5.69 Å². The molecule has 0 bridgehead atoms. The number of aryl methyl sites for hydroxylation is 4. The largest absolute Gasteiger partial charge is 0.357 e. The van der Waals surface area contributed by atoms with Gasteiger partial charge >= 0.3 is 5.69 Å². The van der Waals surface area contributed by atoms with Crippen LogP contribution in [0.5, 0.6) is 0 Å². The van der Waals surface area contributed by atoms with Gasteiger partial charge in [0.2, 0.25) is 0 Å². The van der Waals surface area contributed by atoms with E-state index in [1.54, 1.807) is 102 Å². The molecule has 8 aromatic heterocycles. The molecule has 9 aromatic rings. The Bertz CT molecular complexity index is 2160. The summed E-state index contributed by atoms with van der Waals surface area (Å²) < 4.78 is 6.92. The maximum absolute atomic E-state index is 10.5. The summed E-state index contributed by atoms with van der Waals surface area (Å²) in [6, 6.07) is 31.5. The van der Waals surface area contributed by atoms with Crippen molar-refractivity contribution in [3.63, 3.8) is 0 Å². The highest BCUT2D eigenvalue weighted by Crippen LogP contribution is 2.11. The Balaban J connectivity index is -0.0000000369. The van der Waals surface area contributed by atoms with Crippen molar-refractivity contribution < 1.29 is 0 Å². The molecule has 121 heavy (non-hydrogen) atoms. The van der Waals surface area contributed by atoms with E-state index in [0.717, 1.165) is 47.3 Å². The molecule has 14 heteroatoms. The van der Waals surface area contributed by atoms with Crippen LogP contribution in [0.4, 0.5) is 0 Å². The number of pyridine rings is 1. The van der Waals surface area contributed by atoms with Gasteiger partial charge in [-0.1, -0.05) is 450 Å². The van der Waals surface area contributed by atoms with Crippen LogP contribution in [-0.4, -0.2) is 58.6 Å². The third kappa shape index (κ3) is 400. The molecule has 0 saturated heterocycles. The number of imidazole rings is 1. The van der Waals surface area contributed by atoms with E-state index >= 15 is 0 Å². The molecule has 0 unspecified atom stereocenters. The van der Waals surface area contributed by atoms with Gasteiger partial charge in [0.15, 0.2) is 0 Å². The van der Waals surface area contributed by atoms with Crippen LogP contribution in [0.2, 0.25) is 0 Å². The lowest BCUT2D eigenvalue weighted by Gasteiger charge is -2.01. The van der Waals surface area contributed by atoms with Crippen LogP contribution >= 0.6 is 11.3 Å². The van der Waals surface area contributed by atoms with Crippen molar-refractivity contribution in [1.82, 2.24) is 58.6 Å². The first kappa shape index (κ1) is 180. The Hall–Kier alpha value is -7.06. The molecule has 0 aliphatic rings. The van der Waals surface area contributed by atoms with E-state index in [1.807, 2.05) is 343 Å². The average molecular weight is 1730 g/mol. The molecule has 0 aliphatic heterocycles. The summed E-state index contributed by atoms with van der Waals surface area (Å²) >= 11 is 1.71. The molecular weight excluding hydrogens is 1500 g/mol. The molecule has 0 radical (unpaired) electrons. The summed E-state index contributed by atoms with van der Waals surface area (Å²) in [5.74, 6) is 7.33. The predicted molar refractivity (Wildman–Crippen MR) is 577 cm³/mol. The SMILES string of the molecule is CC.CC.CC.CC.CC.CC.CC.CC.CC.CC.CC.CC.CC.CC.CC.CC.CC(C)C.CC(C)C.CC(C)C.CC(C)C.CC(C)C.CC(C)C.CC(C)C.CC(C)C.CC(C)c1ccccc1.Cn1cccc1.Cn1cccn1.Cn1cccn1.Cn1cccnc1=O.c1c[nH]cn1.c1ccncc1.c1ccsc1.c1cncnc1. The van der Waals surface area contributed by atoms with E-state index in [9.17, 15) is 4.79 Å². The Morgan fingerprint density at radius 3 is 0.636 bits per heavy atom. The minimum Gasteiger partial charge on any atom is -0.357 e. The molecule has 1 N–H and O–H groups in total. The number of H-pyrrole nitrogens is 1. The Morgan fingerprint density at radius 1 is 0.273 bits per heavy atom. The number of rotatable bonds is 1. The van der Waals surface area contributed by atoms with Crippen LogP contribution in [0, 0.1) is 47.3 Å². The maximum Gasteiger partial charge on any atom is 0.347 e. The average Bonchev–Trinajstić information content (AvgIpc) is 1.13. The van der Waals surface area contributed by atoms with Crippen molar-refractivity contribution in [2.75, 3.05) is 0 Å². The second-order valence-electron chi connectivity index (χ2n) is 25.1. The standard InChI is InChI=1S/C9H12.C5H6N2O.C5H7N.C5H5N.2C4H6N2.C4H4N2.C4H4S.8C4H10.C3H4N2.16C2H6/c1-8(2)9-6-4-3-5-7-9;1-7-4-2-3-6-5(7)8;1-6-4-2-3-5-6;1-2-4-6-5-3-1;2*1-6-4-2-3-5-6;1-2-5-4-6-3-1;1-2-4-5-3-1;8*1-4(2)3;1-2-5-3-4-1;16*1-2/h3-8H,1-2H3;2-4H,1H3;2-5H,1H3;1-5H;2*2-4H,1H3;1-4H;1-4H;8*4H,1-3H3;1-3H,(H,4,5);16*1-2H3. The summed E-state index contributed by atoms with van der Waals surface area (Å²) in [6.45, 7) is 120. The zero-order chi connectivity index (χ0) is 102. The predicted octanol–water partition coefficient (Wildman–Crippen LogP) is 37.9. The second-order valence-corrected chi connectivity index (χ2v) is 25.9. The fourth-order valence-electron chi connectivity index (χ4n) is 3.39. The van der Waals surface area contributed by atoms with Gasteiger partial charge in [-0.15, -0.1) is 0 Å². The molecular formula is C107H230N12OS. The van der Waals surface area contributed by atoms with E-state index in [2.05, 4.69) is 244 Å². The number of nitrogens with one attached hydrogen (secondary N) is 1. The van der Waals surface area contributed by atoms with Crippen LogP contribution in [0.3, 0.4) is 0 Å². The molecule has 8 heterocycles. The van der Waals surface area contributed by atoms with Gasteiger partial charge in [-0.2, -0.15) is 21.5 Å². The van der Waals surface area contributed by atoms with Gasteiger partial charge in [0.25, 0.3) is 0 Å². The monoisotopic (exact) mass is 1730 g/mol. The van der Waals surface area contributed by atoms with Crippen LogP contribution in [0.15, 0.2) is 212 Å². The number of hydrogen-bond acceptors (Lipinski definition) is 9. The van der Waals surface area contributed by atoms with E-state index in [0.29, 0.717) is 5.92 Å². The van der Waals surface area contributed by atoms with Gasteiger partial charge in [0.05, 0.1) is 6.33 Å². The first-order valence-corrected chi connectivity index (χ1v) is 48.5. The second kappa shape index (κ2) is 216. The molecule has 730 valence electrons. The fraction of sp³-hybridized carbons (Fsp3) is 0.664. The van der Waals surface area contributed by atoms with Crippen molar-refractivity contribution in [1.29, 1.82) is 0 Å². The molecule has 9 rings (SSSR count). The fourth-order valence-corrected chi connectivity index (χ4v) is 3.84. The van der Waals surface area contributed by atoms with Gasteiger partial charge in [0, 0.05) is 115 Å². The Kier molecular flexibility index (Phi) is 321. The Labute approximate surface area is 771 Å². The minimum absolute atomic E-state index is 0.215. The summed E-state index contributed by atoms with van der Waals surface area (Å²) in [5, 5.41) is 11.7. The summed E-state index contributed by atoms with van der Waals surface area (Å²) in [5.41, 5.74) is 1.20. The van der Waals surface area contributed by atoms with Crippen molar-refractivity contribution in [2.24, 2.45) is 75.5 Å². The summed E-state index contributed by atoms with van der Waals surface area (Å²) in [7, 11) is 7.44. The zero-order valence-electron chi connectivity index (χ0n) is 94.1. The number of hydrogen-bond donors (Lipinski definition) is 1. The van der Waals surface area contributed by atoms with Gasteiger partial charge in [0.1, 0.15) is 6.33 Å². The van der Waals surface area contributed by atoms with Crippen LogP contribution in [0.25, 0.3) is 0 Å². The van der Waals surface area contributed by atoms with Gasteiger partial charge in [-0.05, 0) is 118 Å². The summed E-state index contributed by atoms with van der Waals surface area (Å²) in [4.78, 5) is 31.5. The molecule has 1 aromatic carbocycles. The van der Waals surface area contributed by atoms with E-state index in [-0.39, 0.29) is 5.69 Å². The van der Waals surface area contributed by atoms with Gasteiger partial charge in [-0.25, -0.2) is 24.7 Å². The first-order chi connectivity index (χ1) is 57.6. The third-order valence-corrected chi connectivity index (χ3v) is 6.88. The quantitative estimate of drug-likeness (QED) is 0.171. The van der Waals surface area contributed by atoms with Crippen molar-refractivity contribution >= 4 is 11.3 Å². The first-order valence-electron chi connectivity index (χ1n) is 47.6. The molecule has 0 aliphatic carbocycles. The highest BCUT2D eigenvalue weighted by molar-refractivity contribution is 7.07. The van der Waals surface area contributed by atoms with Gasteiger partial charge < -0.3 is 14.1 Å². The zero-order valence-corrected chi connectivity index (χ0v) is 94.9. The molecule has 0 fully saturated rings. The number of thiophene rings is 1. The lowest BCUT2D eigenvalue weighted by atomic mass is 10.0. The van der Waals surface area contributed by atoms with Crippen molar-refractivity contribution in [3.05, 3.63) is 223 Å². The van der Waals surface area contributed by atoms with Crippen molar-refractivity contribution in [2.45, 2.75) is 407 Å². The molecule has 0 amide bonds. The maximum atomic E-state index is 10.5. The number of nitrogens with zero attached hydrogens (tertiary/aromatic N) is 11. The number of benzene rings is 1. The van der Waals surface area contributed by atoms with Crippen LogP contribution in [0.1, 0.15) is 413 Å². The highest BCUT2D eigenvalue weighted by atomic mass is 32.1. The minimum atomic E-state index is -0.215. The number of aromatic amines is 1. The molecule has 0 atom stereocenters. The number of aromatic nitrogens is 12. The Morgan fingerprint density at radius 2 is 0.537 bits per heavy atom.